The second-order valence-corrected chi connectivity index (χ2v) is 10.5. The highest BCUT2D eigenvalue weighted by atomic mass is 32.2. The number of nitrogens with zero attached hydrogens (tertiary/aromatic N) is 2. The highest BCUT2D eigenvalue weighted by Crippen LogP contribution is 2.25. The number of carbonyl (C=O) groups excluding carboxylic acids is 1. The molecule has 2 aromatic rings. The fraction of sp³-hybridized carbons (Fsp3) is 0.458. The van der Waals surface area contributed by atoms with Gasteiger partial charge < -0.3 is 10.2 Å². The van der Waals surface area contributed by atoms with Gasteiger partial charge in [-0.05, 0) is 64.5 Å². The van der Waals surface area contributed by atoms with E-state index < -0.39 is 10.0 Å². The van der Waals surface area contributed by atoms with Crippen molar-refractivity contribution in [1.82, 2.24) is 14.5 Å². The molecule has 1 heterocycles. The van der Waals surface area contributed by atoms with Crippen LogP contribution in [0.15, 0.2) is 53.4 Å². The Labute approximate surface area is 186 Å². The molecule has 0 radical (unpaired) electrons. The molecule has 31 heavy (non-hydrogen) atoms. The molecule has 2 unspecified atom stereocenters. The summed E-state index contributed by atoms with van der Waals surface area (Å²) < 4.78 is 27.8. The number of hydrogen-bond donors (Lipinski definition) is 1. The van der Waals surface area contributed by atoms with Gasteiger partial charge in [-0.25, -0.2) is 8.42 Å². The van der Waals surface area contributed by atoms with E-state index in [1.54, 1.807) is 22.5 Å². The quantitative estimate of drug-likeness (QED) is 0.710. The van der Waals surface area contributed by atoms with Crippen LogP contribution in [0.4, 0.5) is 0 Å². The minimum atomic E-state index is -3.61. The predicted octanol–water partition coefficient (Wildman–Crippen LogP) is 3.59. The summed E-state index contributed by atoms with van der Waals surface area (Å²) in [6.07, 6.45) is 2.78. The molecule has 0 aromatic heterocycles. The molecule has 2 aromatic carbocycles. The minimum absolute atomic E-state index is 0.0191. The second kappa shape index (κ2) is 9.94. The zero-order chi connectivity index (χ0) is 22.6. The fourth-order valence-electron chi connectivity index (χ4n) is 4.04. The fourth-order valence-corrected chi connectivity index (χ4v) is 5.79. The summed E-state index contributed by atoms with van der Waals surface area (Å²) in [5, 5.41) is 2.97. The Bertz CT molecular complexity index is 1000. The first-order valence-electron chi connectivity index (χ1n) is 10.8. The molecule has 1 fully saturated rings. The van der Waals surface area contributed by atoms with E-state index in [4.69, 9.17) is 0 Å². The lowest BCUT2D eigenvalue weighted by molar-refractivity contribution is 0.0941. The molecule has 1 N–H and O–H groups in total. The molecule has 1 aliphatic rings. The summed E-state index contributed by atoms with van der Waals surface area (Å²) in [5.74, 6) is -0.275. The lowest BCUT2D eigenvalue weighted by Gasteiger charge is -2.32. The summed E-state index contributed by atoms with van der Waals surface area (Å²) in [4.78, 5) is 15.1. The van der Waals surface area contributed by atoms with Gasteiger partial charge in [0.15, 0.2) is 0 Å². The van der Waals surface area contributed by atoms with Crippen molar-refractivity contribution in [2.75, 3.05) is 27.2 Å². The monoisotopic (exact) mass is 443 g/mol. The second-order valence-electron chi connectivity index (χ2n) is 8.59. The van der Waals surface area contributed by atoms with Gasteiger partial charge in [-0.2, -0.15) is 4.31 Å². The molecule has 3 rings (SSSR count). The zero-order valence-electron chi connectivity index (χ0n) is 18.8. The molecule has 6 nitrogen and oxygen atoms in total. The standard InChI is InChI=1S/C24H33N3O3S/c1-18-11-13-20(14-12-18)23(26(3)4)17-25-24(28)21-9-7-10-22(16-21)31(29,30)27-15-6-5-8-19(27)2/h7,9-14,16,19,23H,5-6,8,15,17H2,1-4H3,(H,25,28). The molecule has 0 saturated carbocycles. The number of sulfonamides is 1. The van der Waals surface area contributed by atoms with Crippen molar-refractivity contribution in [2.24, 2.45) is 0 Å². The van der Waals surface area contributed by atoms with E-state index in [1.165, 1.54) is 11.6 Å². The van der Waals surface area contributed by atoms with Crippen LogP contribution in [0, 0.1) is 6.92 Å². The molecule has 168 valence electrons. The van der Waals surface area contributed by atoms with Crippen molar-refractivity contribution >= 4 is 15.9 Å². The Morgan fingerprint density at radius 2 is 1.87 bits per heavy atom. The van der Waals surface area contributed by atoms with E-state index in [0.717, 1.165) is 24.8 Å². The van der Waals surface area contributed by atoms with Gasteiger partial charge >= 0.3 is 0 Å². The Morgan fingerprint density at radius 1 is 1.16 bits per heavy atom. The number of rotatable bonds is 7. The van der Waals surface area contributed by atoms with E-state index in [2.05, 4.69) is 34.5 Å². The van der Waals surface area contributed by atoms with Crippen LogP contribution < -0.4 is 5.32 Å². The van der Waals surface area contributed by atoms with Crippen LogP contribution in [0.2, 0.25) is 0 Å². The third kappa shape index (κ3) is 5.53. The van der Waals surface area contributed by atoms with Crippen molar-refractivity contribution in [2.45, 2.75) is 50.1 Å². The molecular weight excluding hydrogens is 410 g/mol. The van der Waals surface area contributed by atoms with E-state index in [0.29, 0.717) is 18.7 Å². The van der Waals surface area contributed by atoms with Crippen LogP contribution >= 0.6 is 0 Å². The summed E-state index contributed by atoms with van der Waals surface area (Å²) in [6.45, 7) is 4.94. The average molecular weight is 444 g/mol. The number of nitrogens with one attached hydrogen (secondary N) is 1. The first-order chi connectivity index (χ1) is 14.7. The first-order valence-corrected chi connectivity index (χ1v) is 12.3. The van der Waals surface area contributed by atoms with E-state index in [-0.39, 0.29) is 22.9 Å². The van der Waals surface area contributed by atoms with Crippen molar-refractivity contribution in [3.63, 3.8) is 0 Å². The number of benzene rings is 2. The topological polar surface area (TPSA) is 69.7 Å². The third-order valence-corrected chi connectivity index (χ3v) is 8.00. The molecule has 2 atom stereocenters. The van der Waals surface area contributed by atoms with Gasteiger partial charge in [0.1, 0.15) is 0 Å². The third-order valence-electron chi connectivity index (χ3n) is 5.99. The summed E-state index contributed by atoms with van der Waals surface area (Å²) >= 11 is 0. The molecule has 1 saturated heterocycles. The van der Waals surface area contributed by atoms with Crippen LogP contribution in [0.3, 0.4) is 0 Å². The molecule has 0 spiro atoms. The van der Waals surface area contributed by atoms with Gasteiger partial charge in [0.05, 0.1) is 10.9 Å². The van der Waals surface area contributed by atoms with Crippen molar-refractivity contribution < 1.29 is 13.2 Å². The van der Waals surface area contributed by atoms with Crippen molar-refractivity contribution in [1.29, 1.82) is 0 Å². The maximum absolute atomic E-state index is 13.1. The van der Waals surface area contributed by atoms with Gasteiger partial charge in [-0.1, -0.05) is 42.3 Å². The molecule has 1 aliphatic heterocycles. The number of piperidine rings is 1. The Hall–Kier alpha value is -2.22. The normalized spacial score (nSPS) is 18.7. The van der Waals surface area contributed by atoms with Gasteiger partial charge in [0, 0.05) is 24.7 Å². The molecule has 7 heteroatoms. The maximum Gasteiger partial charge on any atom is 0.251 e. The van der Waals surface area contributed by atoms with Gasteiger partial charge in [-0.3, -0.25) is 4.79 Å². The predicted molar refractivity (Wildman–Crippen MR) is 124 cm³/mol. The lowest BCUT2D eigenvalue weighted by Crippen LogP contribution is -2.42. The van der Waals surface area contributed by atoms with E-state index in [9.17, 15) is 13.2 Å². The Kier molecular flexibility index (Phi) is 7.51. The highest BCUT2D eigenvalue weighted by molar-refractivity contribution is 7.89. The summed E-state index contributed by atoms with van der Waals surface area (Å²) in [6, 6.07) is 14.6. The van der Waals surface area contributed by atoms with E-state index >= 15 is 0 Å². The van der Waals surface area contributed by atoms with Crippen LogP contribution in [0.1, 0.15) is 53.7 Å². The molecular formula is C24H33N3O3S. The maximum atomic E-state index is 13.1. The number of amides is 1. The van der Waals surface area contributed by atoms with Crippen LogP contribution in [0.5, 0.6) is 0 Å². The van der Waals surface area contributed by atoms with Crippen molar-refractivity contribution in [3.8, 4) is 0 Å². The van der Waals surface area contributed by atoms with Gasteiger partial charge in [0.25, 0.3) is 5.91 Å². The molecule has 1 amide bonds. The summed E-state index contributed by atoms with van der Waals surface area (Å²) in [7, 11) is 0.338. The SMILES string of the molecule is Cc1ccc(C(CNC(=O)c2cccc(S(=O)(=O)N3CCCCC3C)c2)N(C)C)cc1. The smallest absolute Gasteiger partial charge is 0.251 e. The zero-order valence-corrected chi connectivity index (χ0v) is 19.7. The molecule has 0 aliphatic carbocycles. The van der Waals surface area contributed by atoms with E-state index in [1.807, 2.05) is 27.9 Å². The first kappa shape index (κ1) is 23.4. The van der Waals surface area contributed by atoms with Crippen LogP contribution in [-0.2, 0) is 10.0 Å². The largest absolute Gasteiger partial charge is 0.350 e. The number of aryl methyl sites for hydroxylation is 1. The van der Waals surface area contributed by atoms with Crippen LogP contribution in [0.25, 0.3) is 0 Å². The number of likely N-dealkylation sites (N-methyl/N-ethyl adjacent to an activating group) is 1. The number of carbonyl (C=O) groups is 1. The van der Waals surface area contributed by atoms with Crippen LogP contribution in [-0.4, -0.2) is 56.8 Å². The summed E-state index contributed by atoms with van der Waals surface area (Å²) in [5.41, 5.74) is 2.66. The van der Waals surface area contributed by atoms with Gasteiger partial charge in [-0.15, -0.1) is 0 Å². The van der Waals surface area contributed by atoms with Gasteiger partial charge in [0.2, 0.25) is 10.0 Å². The minimum Gasteiger partial charge on any atom is -0.350 e. The Morgan fingerprint density at radius 3 is 2.52 bits per heavy atom. The Balaban J connectivity index is 1.74. The average Bonchev–Trinajstić information content (AvgIpc) is 2.75. The van der Waals surface area contributed by atoms with Crippen molar-refractivity contribution in [3.05, 3.63) is 65.2 Å². The molecule has 0 bridgehead atoms. The highest BCUT2D eigenvalue weighted by Gasteiger charge is 2.31. The number of hydrogen-bond acceptors (Lipinski definition) is 4. The lowest BCUT2D eigenvalue weighted by atomic mass is 10.0.